The highest BCUT2D eigenvalue weighted by atomic mass is 16.5. The minimum Gasteiger partial charge on any atom is -0.484 e. The van der Waals surface area contributed by atoms with Gasteiger partial charge in [0.05, 0.1) is 6.04 Å². The Morgan fingerprint density at radius 1 is 1.21 bits per heavy atom. The van der Waals surface area contributed by atoms with Crippen LogP contribution in [-0.2, 0) is 4.79 Å². The van der Waals surface area contributed by atoms with Crippen LogP contribution in [0.4, 0.5) is 0 Å². The van der Waals surface area contributed by atoms with Crippen molar-refractivity contribution < 1.29 is 9.53 Å². The van der Waals surface area contributed by atoms with Gasteiger partial charge in [-0.15, -0.1) is 10.2 Å². The van der Waals surface area contributed by atoms with E-state index >= 15 is 0 Å². The second-order valence-electron chi connectivity index (χ2n) is 5.81. The first-order chi connectivity index (χ1) is 11.5. The Hall–Kier alpha value is -2.89. The molecule has 0 spiro atoms. The maximum atomic E-state index is 12.1. The molecular formula is C18H20N4O2. The molecule has 1 N–H and O–H groups in total. The molecule has 1 amide bonds. The first-order valence-electron chi connectivity index (χ1n) is 7.83. The Balaban J connectivity index is 1.61. The zero-order valence-corrected chi connectivity index (χ0v) is 14.0. The Labute approximate surface area is 140 Å². The van der Waals surface area contributed by atoms with Crippen molar-refractivity contribution >= 4 is 11.6 Å². The number of aryl methyl sites for hydroxylation is 2. The number of aromatic nitrogens is 3. The molecule has 1 atom stereocenters. The van der Waals surface area contributed by atoms with E-state index in [0.29, 0.717) is 11.6 Å². The maximum Gasteiger partial charge on any atom is 0.258 e. The fourth-order valence-electron chi connectivity index (χ4n) is 2.46. The van der Waals surface area contributed by atoms with Gasteiger partial charge in [0, 0.05) is 6.20 Å². The number of rotatable bonds is 5. The predicted octanol–water partition coefficient (Wildman–Crippen LogP) is 2.60. The fraction of sp³-hybridized carbons (Fsp3) is 0.278. The summed E-state index contributed by atoms with van der Waals surface area (Å²) < 4.78 is 7.41. The van der Waals surface area contributed by atoms with Gasteiger partial charge in [0.15, 0.2) is 18.1 Å². The van der Waals surface area contributed by atoms with Crippen LogP contribution >= 0.6 is 0 Å². The van der Waals surface area contributed by atoms with Crippen LogP contribution in [0.15, 0.2) is 42.6 Å². The summed E-state index contributed by atoms with van der Waals surface area (Å²) in [5.74, 6) is 1.17. The number of benzene rings is 1. The van der Waals surface area contributed by atoms with Crippen molar-refractivity contribution in [3.05, 3.63) is 59.5 Å². The SMILES string of the molecule is Cc1ccc(OCC(=O)N[C@@H](C)c2nnc3ccccn23)cc1C. The summed E-state index contributed by atoms with van der Waals surface area (Å²) in [5, 5.41) is 11.1. The van der Waals surface area contributed by atoms with Crippen molar-refractivity contribution in [2.24, 2.45) is 0 Å². The molecule has 0 fully saturated rings. The van der Waals surface area contributed by atoms with Gasteiger partial charge in [0.1, 0.15) is 5.75 Å². The van der Waals surface area contributed by atoms with E-state index in [9.17, 15) is 4.79 Å². The van der Waals surface area contributed by atoms with Crippen LogP contribution in [0.1, 0.15) is 29.9 Å². The number of carbonyl (C=O) groups is 1. The number of pyridine rings is 1. The molecule has 3 rings (SSSR count). The number of nitrogens with zero attached hydrogens (tertiary/aromatic N) is 3. The molecular weight excluding hydrogens is 304 g/mol. The normalized spacial score (nSPS) is 12.1. The summed E-state index contributed by atoms with van der Waals surface area (Å²) >= 11 is 0. The number of fused-ring (bicyclic) bond motifs is 1. The highest BCUT2D eigenvalue weighted by Gasteiger charge is 2.15. The number of nitrogens with one attached hydrogen (secondary N) is 1. The van der Waals surface area contributed by atoms with Gasteiger partial charge in [-0.05, 0) is 56.2 Å². The number of ether oxygens (including phenoxy) is 1. The van der Waals surface area contributed by atoms with E-state index in [4.69, 9.17) is 4.74 Å². The summed E-state index contributed by atoms with van der Waals surface area (Å²) in [4.78, 5) is 12.1. The van der Waals surface area contributed by atoms with Gasteiger partial charge in [0.25, 0.3) is 5.91 Å². The third-order valence-corrected chi connectivity index (χ3v) is 3.95. The van der Waals surface area contributed by atoms with Crippen LogP contribution < -0.4 is 10.1 Å². The molecule has 0 aliphatic rings. The average molecular weight is 324 g/mol. The topological polar surface area (TPSA) is 68.5 Å². The molecule has 0 radical (unpaired) electrons. The van der Waals surface area contributed by atoms with Crippen molar-refractivity contribution in [2.45, 2.75) is 26.8 Å². The van der Waals surface area contributed by atoms with Crippen molar-refractivity contribution in [3.63, 3.8) is 0 Å². The minimum absolute atomic E-state index is 0.0381. The van der Waals surface area contributed by atoms with Gasteiger partial charge in [-0.3, -0.25) is 9.20 Å². The molecule has 124 valence electrons. The number of amides is 1. The molecule has 0 saturated carbocycles. The van der Waals surface area contributed by atoms with Crippen molar-refractivity contribution in [3.8, 4) is 5.75 Å². The van der Waals surface area contributed by atoms with Gasteiger partial charge in [0.2, 0.25) is 0 Å². The highest BCUT2D eigenvalue weighted by molar-refractivity contribution is 5.77. The van der Waals surface area contributed by atoms with Gasteiger partial charge >= 0.3 is 0 Å². The Morgan fingerprint density at radius 2 is 2.04 bits per heavy atom. The molecule has 3 aromatic rings. The summed E-state index contributed by atoms with van der Waals surface area (Å²) in [6.45, 7) is 5.89. The Bertz CT molecular complexity index is 872. The molecule has 2 heterocycles. The van der Waals surface area contributed by atoms with Crippen molar-refractivity contribution in [1.82, 2.24) is 19.9 Å². The average Bonchev–Trinajstić information content (AvgIpc) is 3.00. The molecule has 0 aliphatic carbocycles. The van der Waals surface area contributed by atoms with Crippen LogP contribution in [0.25, 0.3) is 5.65 Å². The quantitative estimate of drug-likeness (QED) is 0.783. The number of carbonyl (C=O) groups excluding carboxylic acids is 1. The lowest BCUT2D eigenvalue weighted by Gasteiger charge is -2.13. The Morgan fingerprint density at radius 3 is 2.83 bits per heavy atom. The molecule has 6 nitrogen and oxygen atoms in total. The summed E-state index contributed by atoms with van der Waals surface area (Å²) in [5.41, 5.74) is 3.08. The van der Waals surface area contributed by atoms with Gasteiger partial charge in [-0.2, -0.15) is 0 Å². The van der Waals surface area contributed by atoms with E-state index in [1.54, 1.807) is 0 Å². The number of hydrogen-bond donors (Lipinski definition) is 1. The lowest BCUT2D eigenvalue weighted by atomic mass is 10.1. The van der Waals surface area contributed by atoms with E-state index in [0.717, 1.165) is 11.2 Å². The smallest absolute Gasteiger partial charge is 0.258 e. The Kier molecular flexibility index (Phi) is 4.46. The molecule has 0 bridgehead atoms. The van der Waals surface area contributed by atoms with Gasteiger partial charge in [-0.25, -0.2) is 0 Å². The second-order valence-corrected chi connectivity index (χ2v) is 5.81. The minimum atomic E-state index is -0.266. The fourth-order valence-corrected chi connectivity index (χ4v) is 2.46. The van der Waals surface area contributed by atoms with Gasteiger partial charge < -0.3 is 10.1 Å². The summed E-state index contributed by atoms with van der Waals surface area (Å²) in [6, 6.07) is 11.2. The molecule has 0 unspecified atom stereocenters. The number of hydrogen-bond acceptors (Lipinski definition) is 4. The van der Waals surface area contributed by atoms with Crippen LogP contribution in [0, 0.1) is 13.8 Å². The van der Waals surface area contributed by atoms with E-state index in [1.807, 2.05) is 67.8 Å². The molecule has 0 aliphatic heterocycles. The van der Waals surface area contributed by atoms with Crippen molar-refractivity contribution in [1.29, 1.82) is 0 Å². The molecule has 24 heavy (non-hydrogen) atoms. The molecule has 6 heteroatoms. The maximum absolute atomic E-state index is 12.1. The summed E-state index contributed by atoms with van der Waals surface area (Å²) in [6.07, 6.45) is 1.87. The lowest BCUT2D eigenvalue weighted by Crippen LogP contribution is -2.32. The van der Waals surface area contributed by atoms with Crippen LogP contribution in [0.5, 0.6) is 5.75 Å². The second kappa shape index (κ2) is 6.70. The first kappa shape index (κ1) is 16.0. The largest absolute Gasteiger partial charge is 0.484 e. The van der Waals surface area contributed by atoms with E-state index in [2.05, 4.69) is 15.5 Å². The third-order valence-electron chi connectivity index (χ3n) is 3.95. The monoisotopic (exact) mass is 324 g/mol. The van der Waals surface area contributed by atoms with E-state index in [-0.39, 0.29) is 18.6 Å². The third kappa shape index (κ3) is 3.37. The van der Waals surface area contributed by atoms with Crippen LogP contribution in [-0.4, -0.2) is 27.1 Å². The van der Waals surface area contributed by atoms with Crippen LogP contribution in [0.3, 0.4) is 0 Å². The van der Waals surface area contributed by atoms with E-state index < -0.39 is 0 Å². The zero-order valence-electron chi connectivity index (χ0n) is 14.0. The lowest BCUT2D eigenvalue weighted by molar-refractivity contribution is -0.123. The molecule has 2 aromatic heterocycles. The molecule has 1 aromatic carbocycles. The van der Waals surface area contributed by atoms with Crippen LogP contribution in [0.2, 0.25) is 0 Å². The van der Waals surface area contributed by atoms with Crippen molar-refractivity contribution in [2.75, 3.05) is 6.61 Å². The molecule has 0 saturated heterocycles. The standard InChI is InChI=1S/C18H20N4O2/c1-12-7-8-15(10-13(12)2)24-11-17(23)19-14(3)18-21-20-16-6-4-5-9-22(16)18/h4-10,14H,11H2,1-3H3,(H,19,23)/t14-/m0/s1. The van der Waals surface area contributed by atoms with E-state index in [1.165, 1.54) is 5.56 Å². The first-order valence-corrected chi connectivity index (χ1v) is 7.83. The summed E-state index contributed by atoms with van der Waals surface area (Å²) in [7, 11) is 0. The van der Waals surface area contributed by atoms with Gasteiger partial charge in [-0.1, -0.05) is 12.1 Å². The predicted molar refractivity (Wildman–Crippen MR) is 91.0 cm³/mol. The highest BCUT2D eigenvalue weighted by Crippen LogP contribution is 2.16. The zero-order chi connectivity index (χ0) is 17.1.